The molecule has 3 aliphatic heterocycles. The fourth-order valence-electron chi connectivity index (χ4n) is 12.1. The van der Waals surface area contributed by atoms with Gasteiger partial charge in [0.15, 0.2) is 18.4 Å². The van der Waals surface area contributed by atoms with Gasteiger partial charge in [-0.15, -0.1) is 5.10 Å². The minimum absolute atomic E-state index is 0.0134. The summed E-state index contributed by atoms with van der Waals surface area (Å²) in [4.78, 5) is 31.5. The molecule has 4 unspecified atom stereocenters. The summed E-state index contributed by atoms with van der Waals surface area (Å²) in [5.74, 6) is -0.447. The lowest BCUT2D eigenvalue weighted by molar-refractivity contribution is -0.314. The molecule has 3 saturated heterocycles. The number of carbonyl (C=O) groups excluding carboxylic acids is 2. The first-order chi connectivity index (χ1) is 29.1. The molecule has 0 spiro atoms. The summed E-state index contributed by atoms with van der Waals surface area (Å²) in [7, 11) is 7.39. The molecule has 5 fully saturated rings. The summed E-state index contributed by atoms with van der Waals surface area (Å²) in [5.41, 5.74) is 0.741. The monoisotopic (exact) mass is 873 g/mol. The number of nitrogens with zero attached hydrogens (tertiary/aromatic N) is 4. The van der Waals surface area contributed by atoms with E-state index in [1.54, 1.807) is 21.3 Å². The number of rotatable bonds is 11. The van der Waals surface area contributed by atoms with Gasteiger partial charge < -0.3 is 42.8 Å². The third-order valence-electron chi connectivity index (χ3n) is 15.4. The number of allylic oxidation sites excluding steroid dienone is 2. The molecule has 14 nitrogen and oxygen atoms in total. The number of ketones is 1. The molecule has 1 aromatic rings. The zero-order valence-electron chi connectivity index (χ0n) is 39.0. The zero-order valence-corrected chi connectivity index (χ0v) is 40.0. The molecule has 2 saturated carbocycles. The van der Waals surface area contributed by atoms with Crippen molar-refractivity contribution in [3.05, 3.63) is 17.8 Å². The van der Waals surface area contributed by atoms with E-state index in [-0.39, 0.29) is 103 Å². The quantitative estimate of drug-likeness (QED) is 0.199. The number of esters is 1. The summed E-state index contributed by atoms with van der Waals surface area (Å²) in [6.45, 7) is 15.0. The molecular formula is C46H76N4O10Si. The van der Waals surface area contributed by atoms with Crippen LogP contribution in [0.3, 0.4) is 0 Å². The Bertz CT molecular complexity index is 1690. The standard InChI is InChI=1S/C46H76N4O10Si/c1-13-29-15-14-16-37(60-40-18-17-35(49(5)6)26(3)56-40)25(2)42(52)34-22-32-31-21-30(59-46-45(55-9)44(54-8)43(53-7)27(4)57-46)19-28(31)20-36(41(32)33(34)23-39(51)58-29)50-24-38(47-48-50)61(10,11)12/h22,24-33,35-37,40-41,43-46H,13-21,23H2,1-12H3/t25-,26?,27?,28+,29+,30-,31-,32+,33-,35+,36-,37+,40+,41-,43+,44?,45?,46+/m1/s1. The van der Waals surface area contributed by atoms with Gasteiger partial charge in [-0.05, 0) is 115 Å². The van der Waals surface area contributed by atoms with Crippen LogP contribution in [0.4, 0.5) is 0 Å². The zero-order chi connectivity index (χ0) is 43.9. The van der Waals surface area contributed by atoms with Crippen LogP contribution in [0.5, 0.6) is 0 Å². The van der Waals surface area contributed by atoms with Crippen LogP contribution in [0.2, 0.25) is 19.6 Å². The molecule has 1 aromatic heterocycles. The van der Waals surface area contributed by atoms with Crippen molar-refractivity contribution in [1.82, 2.24) is 19.9 Å². The lowest BCUT2D eigenvalue weighted by atomic mass is 9.64. The number of methoxy groups -OCH3 is 3. The number of carbonyl (C=O) groups is 2. The van der Waals surface area contributed by atoms with Gasteiger partial charge in [-0.25, -0.2) is 4.68 Å². The minimum atomic E-state index is -1.79. The van der Waals surface area contributed by atoms with Crippen LogP contribution in [-0.4, -0.2) is 143 Å². The third-order valence-corrected chi connectivity index (χ3v) is 17.1. The lowest BCUT2D eigenvalue weighted by Gasteiger charge is -2.44. The van der Waals surface area contributed by atoms with Gasteiger partial charge in [-0.1, -0.05) is 44.8 Å². The maximum atomic E-state index is 15.2. The Morgan fingerprint density at radius 2 is 1.62 bits per heavy atom. The Labute approximate surface area is 365 Å². The number of ether oxygens (including phenoxy) is 8. The summed E-state index contributed by atoms with van der Waals surface area (Å²) >= 11 is 0. The normalized spacial score (nSPS) is 42.5. The summed E-state index contributed by atoms with van der Waals surface area (Å²) in [5, 5.41) is 10.6. The maximum absolute atomic E-state index is 15.2. The SMILES string of the molecule is CC[C@H]1CCC[C@H](O[C@H]2CC[C@H](N(C)C)C(C)O2)[C@@H](C)C(=O)C2=C[C@H]3[C@@H]4C[C@H](O[C@@H]5OC(C)[C@H](OC)C(OC)C5OC)C[C@H]4C[C@@H](n4cc([Si](C)(C)C)nn4)[C@H]3[C@@H]2CC(=O)O1. The predicted molar refractivity (Wildman–Crippen MR) is 232 cm³/mol. The predicted octanol–water partition coefficient (Wildman–Crippen LogP) is 5.70. The average molecular weight is 873 g/mol. The Hall–Kier alpha value is -2.08. The van der Waals surface area contributed by atoms with E-state index in [0.717, 1.165) is 62.3 Å². The first kappa shape index (κ1) is 46.9. The fraction of sp³-hybridized carbons (Fsp3) is 0.870. The smallest absolute Gasteiger partial charge is 0.306 e. The Kier molecular flexibility index (Phi) is 15.0. The van der Waals surface area contributed by atoms with Gasteiger partial charge in [0.25, 0.3) is 0 Å². The highest BCUT2D eigenvalue weighted by Crippen LogP contribution is 2.60. The first-order valence-electron chi connectivity index (χ1n) is 23.3. The Morgan fingerprint density at radius 3 is 2.26 bits per heavy atom. The van der Waals surface area contributed by atoms with E-state index < -0.39 is 26.4 Å². The Balaban J connectivity index is 1.21. The third kappa shape index (κ3) is 9.80. The van der Waals surface area contributed by atoms with E-state index in [0.29, 0.717) is 12.5 Å². The minimum Gasteiger partial charge on any atom is -0.462 e. The van der Waals surface area contributed by atoms with E-state index in [1.165, 1.54) is 0 Å². The molecule has 6 aliphatic rings. The highest BCUT2D eigenvalue weighted by atomic mass is 28.3. The Morgan fingerprint density at radius 1 is 0.885 bits per heavy atom. The molecule has 15 heteroatoms. The van der Waals surface area contributed by atoms with Gasteiger partial charge in [-0.3, -0.25) is 9.59 Å². The second-order valence-corrected chi connectivity index (χ2v) is 25.4. The number of Topliss-reactive ketones (excluding diaryl/α,β-unsaturated/α-hetero) is 1. The highest BCUT2D eigenvalue weighted by Gasteiger charge is 2.57. The number of cyclic esters (lactones) is 1. The van der Waals surface area contributed by atoms with E-state index in [1.807, 2.05) is 13.8 Å². The average Bonchev–Trinajstić information content (AvgIpc) is 3.96. The maximum Gasteiger partial charge on any atom is 0.306 e. The molecule has 0 N–H and O–H groups in total. The van der Waals surface area contributed by atoms with Crippen molar-refractivity contribution in [3.63, 3.8) is 0 Å². The van der Waals surface area contributed by atoms with E-state index in [2.05, 4.69) is 69.4 Å². The molecule has 0 amide bonds. The second-order valence-electron chi connectivity index (χ2n) is 20.3. The number of hydrogen-bond donors (Lipinski definition) is 0. The van der Waals surface area contributed by atoms with Gasteiger partial charge >= 0.3 is 5.97 Å². The van der Waals surface area contributed by atoms with Crippen molar-refractivity contribution >= 4 is 25.1 Å². The number of fused-ring (bicyclic) bond motifs is 5. The summed E-state index contributed by atoms with van der Waals surface area (Å²) in [6, 6.07) is 0.247. The largest absolute Gasteiger partial charge is 0.462 e. The molecular weight excluding hydrogens is 797 g/mol. The molecule has 4 heterocycles. The van der Waals surface area contributed by atoms with E-state index >= 15 is 4.79 Å². The molecule has 18 atom stereocenters. The molecule has 0 bridgehead atoms. The molecule has 3 aliphatic carbocycles. The van der Waals surface area contributed by atoms with Crippen LogP contribution < -0.4 is 5.32 Å². The first-order valence-corrected chi connectivity index (χ1v) is 26.8. The van der Waals surface area contributed by atoms with Crippen LogP contribution in [0.25, 0.3) is 0 Å². The van der Waals surface area contributed by atoms with Crippen molar-refractivity contribution in [2.75, 3.05) is 35.4 Å². The molecule has 344 valence electrons. The van der Waals surface area contributed by atoms with Crippen LogP contribution in [-0.2, 0) is 47.5 Å². The van der Waals surface area contributed by atoms with Gasteiger partial charge in [0.05, 0.1) is 42.2 Å². The number of hydrogen-bond acceptors (Lipinski definition) is 13. The van der Waals surface area contributed by atoms with Crippen LogP contribution in [0, 0.1) is 35.5 Å². The molecule has 7 rings (SSSR count). The van der Waals surface area contributed by atoms with Crippen molar-refractivity contribution in [2.24, 2.45) is 35.5 Å². The van der Waals surface area contributed by atoms with Crippen molar-refractivity contribution in [2.45, 2.75) is 185 Å². The molecule has 0 radical (unpaired) electrons. The van der Waals surface area contributed by atoms with Crippen LogP contribution in [0.1, 0.15) is 97.9 Å². The van der Waals surface area contributed by atoms with Crippen LogP contribution in [0.15, 0.2) is 17.8 Å². The second kappa shape index (κ2) is 19.6. The van der Waals surface area contributed by atoms with Crippen molar-refractivity contribution in [1.29, 1.82) is 0 Å². The van der Waals surface area contributed by atoms with Crippen molar-refractivity contribution < 1.29 is 47.5 Å². The molecule has 0 aromatic carbocycles. The number of likely N-dealkylation sites (N-methyl/N-ethyl adjacent to an activating group) is 1. The van der Waals surface area contributed by atoms with Gasteiger partial charge in [0.1, 0.15) is 32.5 Å². The fourth-order valence-corrected chi connectivity index (χ4v) is 12.9. The van der Waals surface area contributed by atoms with Crippen molar-refractivity contribution in [3.8, 4) is 0 Å². The van der Waals surface area contributed by atoms with E-state index in [9.17, 15) is 4.79 Å². The topological polar surface area (TPSA) is 142 Å². The van der Waals surface area contributed by atoms with Gasteiger partial charge in [-0.2, -0.15) is 0 Å². The highest BCUT2D eigenvalue weighted by molar-refractivity contribution is 6.88. The molecule has 61 heavy (non-hydrogen) atoms. The van der Waals surface area contributed by atoms with Crippen LogP contribution >= 0.6 is 0 Å². The van der Waals surface area contributed by atoms with Gasteiger partial charge in [0, 0.05) is 45.4 Å². The van der Waals surface area contributed by atoms with E-state index in [4.69, 9.17) is 48.2 Å². The summed E-state index contributed by atoms with van der Waals surface area (Å²) in [6.07, 6.45) is 8.67. The van der Waals surface area contributed by atoms with Gasteiger partial charge in [0.2, 0.25) is 0 Å². The lowest BCUT2D eigenvalue weighted by Crippen LogP contribution is -2.59. The summed E-state index contributed by atoms with van der Waals surface area (Å²) < 4.78 is 52.6. The number of aromatic nitrogens is 3.